The largest absolute Gasteiger partial charge is 0.355 e. The highest BCUT2D eigenvalue weighted by atomic mass is 32.2. The van der Waals surface area contributed by atoms with Crippen LogP contribution in [0.5, 0.6) is 0 Å². The van der Waals surface area contributed by atoms with Crippen LogP contribution < -0.4 is 5.32 Å². The molecular weight excluding hydrogens is 378 g/mol. The van der Waals surface area contributed by atoms with Gasteiger partial charge in [-0.1, -0.05) is 56.3 Å². The minimum Gasteiger partial charge on any atom is -0.355 e. The summed E-state index contributed by atoms with van der Waals surface area (Å²) in [5.41, 5.74) is 4.48. The summed E-state index contributed by atoms with van der Waals surface area (Å²) in [6.07, 6.45) is 0.406. The number of rotatable bonds is 9. The molecule has 0 aliphatic rings. The quantitative estimate of drug-likeness (QED) is 0.511. The van der Waals surface area contributed by atoms with Crippen molar-refractivity contribution < 1.29 is 4.79 Å². The number of thioether (sulfide) groups is 1. The predicted molar refractivity (Wildman–Crippen MR) is 123 cm³/mol. The van der Waals surface area contributed by atoms with Crippen molar-refractivity contribution in [2.45, 2.75) is 46.4 Å². The van der Waals surface area contributed by atoms with Crippen LogP contribution in [0.3, 0.4) is 0 Å². The monoisotopic (exact) mass is 409 g/mol. The van der Waals surface area contributed by atoms with E-state index in [-0.39, 0.29) is 5.91 Å². The Morgan fingerprint density at radius 3 is 2.69 bits per heavy atom. The Labute approximate surface area is 178 Å². The maximum Gasteiger partial charge on any atom is 0.224 e. The van der Waals surface area contributed by atoms with E-state index in [1.54, 1.807) is 0 Å². The van der Waals surface area contributed by atoms with Crippen LogP contribution in [-0.4, -0.2) is 28.0 Å². The van der Waals surface area contributed by atoms with E-state index in [2.05, 4.69) is 73.7 Å². The van der Waals surface area contributed by atoms with Gasteiger partial charge in [-0.2, -0.15) is 16.9 Å². The van der Waals surface area contributed by atoms with Gasteiger partial charge in [0.25, 0.3) is 0 Å². The highest BCUT2D eigenvalue weighted by Crippen LogP contribution is 2.22. The Hall–Kier alpha value is -2.27. The molecule has 3 aromatic rings. The summed E-state index contributed by atoms with van der Waals surface area (Å²) in [5, 5.41) is 10.3. The summed E-state index contributed by atoms with van der Waals surface area (Å²) >= 11 is 1.86. The highest BCUT2D eigenvalue weighted by molar-refractivity contribution is 7.98. The van der Waals surface area contributed by atoms with Crippen molar-refractivity contribution in [1.82, 2.24) is 15.1 Å². The van der Waals surface area contributed by atoms with Gasteiger partial charge in [0.2, 0.25) is 5.91 Å². The minimum atomic E-state index is 0.0751. The van der Waals surface area contributed by atoms with Crippen LogP contribution in [0.1, 0.15) is 36.4 Å². The molecule has 0 spiro atoms. The van der Waals surface area contributed by atoms with Gasteiger partial charge in [0, 0.05) is 35.9 Å². The second kappa shape index (κ2) is 9.97. The van der Waals surface area contributed by atoms with Crippen molar-refractivity contribution in [3.05, 3.63) is 65.0 Å². The molecule has 3 rings (SSSR count). The van der Waals surface area contributed by atoms with E-state index in [9.17, 15) is 4.79 Å². The van der Waals surface area contributed by atoms with Crippen molar-refractivity contribution in [1.29, 1.82) is 0 Å². The van der Waals surface area contributed by atoms with E-state index in [0.717, 1.165) is 35.0 Å². The van der Waals surface area contributed by atoms with Crippen molar-refractivity contribution >= 4 is 28.4 Å². The summed E-state index contributed by atoms with van der Waals surface area (Å²) < 4.78 is 2.03. The highest BCUT2D eigenvalue weighted by Gasteiger charge is 2.15. The number of nitrogens with one attached hydrogen (secondary N) is 1. The maximum atomic E-state index is 12.4. The first-order chi connectivity index (χ1) is 14.0. The molecule has 5 heteroatoms. The third-order valence-electron chi connectivity index (χ3n) is 5.11. The first-order valence-corrected chi connectivity index (χ1v) is 11.4. The summed E-state index contributed by atoms with van der Waals surface area (Å²) in [6.45, 7) is 9.99. The Kier molecular flexibility index (Phi) is 7.37. The van der Waals surface area contributed by atoms with E-state index >= 15 is 0 Å². The lowest BCUT2D eigenvalue weighted by Crippen LogP contribution is -2.27. The summed E-state index contributed by atoms with van der Waals surface area (Å²) in [5.74, 6) is 2.47. The molecule has 0 radical (unpaired) electrons. The third kappa shape index (κ3) is 5.63. The van der Waals surface area contributed by atoms with Gasteiger partial charge in [-0.25, -0.2) is 0 Å². The van der Waals surface area contributed by atoms with Gasteiger partial charge >= 0.3 is 0 Å². The number of benzene rings is 2. The third-order valence-corrected chi connectivity index (χ3v) is 6.12. The zero-order valence-electron chi connectivity index (χ0n) is 17.9. The molecule has 1 heterocycles. The lowest BCUT2D eigenvalue weighted by atomic mass is 10.1. The Morgan fingerprint density at radius 2 is 1.90 bits per heavy atom. The first-order valence-electron chi connectivity index (χ1n) is 10.3. The lowest BCUT2D eigenvalue weighted by molar-refractivity contribution is -0.120. The van der Waals surface area contributed by atoms with Crippen LogP contribution >= 0.6 is 11.8 Å². The number of hydrogen-bond donors (Lipinski definition) is 1. The van der Waals surface area contributed by atoms with Gasteiger partial charge in [-0.3, -0.25) is 9.48 Å². The van der Waals surface area contributed by atoms with Crippen LogP contribution in [0, 0.1) is 19.8 Å². The SMILES string of the molecule is Cc1nn(CC(C)C)c(C)c1CC(=O)NCCSCc1cccc2ccccc12. The van der Waals surface area contributed by atoms with E-state index in [0.29, 0.717) is 18.9 Å². The van der Waals surface area contributed by atoms with Crippen molar-refractivity contribution in [3.63, 3.8) is 0 Å². The van der Waals surface area contributed by atoms with Crippen LogP contribution in [0.4, 0.5) is 0 Å². The second-order valence-corrected chi connectivity index (χ2v) is 9.05. The number of fused-ring (bicyclic) bond motifs is 1. The van der Waals surface area contributed by atoms with Crippen LogP contribution in [0.15, 0.2) is 42.5 Å². The van der Waals surface area contributed by atoms with Crippen molar-refractivity contribution in [3.8, 4) is 0 Å². The standard InChI is InChI=1S/C24H31N3OS/c1-17(2)15-27-19(4)23(18(3)26-27)14-24(28)25-12-13-29-16-21-10-7-9-20-8-5-6-11-22(20)21/h5-11,17H,12-16H2,1-4H3,(H,25,28). The first kappa shape index (κ1) is 21.4. The van der Waals surface area contributed by atoms with Crippen LogP contribution in [0.2, 0.25) is 0 Å². The molecule has 154 valence electrons. The van der Waals surface area contributed by atoms with E-state index in [4.69, 9.17) is 0 Å². The molecule has 0 bridgehead atoms. The average molecular weight is 410 g/mol. The fourth-order valence-electron chi connectivity index (χ4n) is 3.60. The van der Waals surface area contributed by atoms with Crippen LogP contribution in [0.25, 0.3) is 10.8 Å². The van der Waals surface area contributed by atoms with Gasteiger partial charge in [0.15, 0.2) is 0 Å². The predicted octanol–water partition coefficient (Wildman–Crippen LogP) is 4.90. The topological polar surface area (TPSA) is 46.9 Å². The smallest absolute Gasteiger partial charge is 0.224 e. The molecule has 4 nitrogen and oxygen atoms in total. The summed E-state index contributed by atoms with van der Waals surface area (Å²) in [7, 11) is 0. The molecule has 0 aliphatic carbocycles. The minimum absolute atomic E-state index is 0.0751. The fourth-order valence-corrected chi connectivity index (χ4v) is 4.46. The summed E-state index contributed by atoms with van der Waals surface area (Å²) in [6, 6.07) is 14.9. The normalized spacial score (nSPS) is 11.3. The molecule has 0 saturated heterocycles. The van der Waals surface area contributed by atoms with Gasteiger partial charge in [0.05, 0.1) is 12.1 Å². The number of aryl methyl sites for hydroxylation is 1. The zero-order chi connectivity index (χ0) is 20.8. The average Bonchev–Trinajstić information content (AvgIpc) is 2.94. The Morgan fingerprint density at radius 1 is 1.14 bits per heavy atom. The van der Waals surface area contributed by atoms with Gasteiger partial charge < -0.3 is 5.32 Å². The zero-order valence-corrected chi connectivity index (χ0v) is 18.7. The molecule has 1 aromatic heterocycles. The summed E-state index contributed by atoms with van der Waals surface area (Å²) in [4.78, 5) is 12.4. The number of carbonyl (C=O) groups excluding carboxylic acids is 1. The number of aromatic nitrogens is 2. The van der Waals surface area contributed by atoms with Crippen molar-refractivity contribution in [2.75, 3.05) is 12.3 Å². The number of hydrogen-bond acceptors (Lipinski definition) is 3. The molecule has 0 fully saturated rings. The van der Waals surface area contributed by atoms with Crippen LogP contribution in [-0.2, 0) is 23.5 Å². The second-order valence-electron chi connectivity index (χ2n) is 7.94. The van der Waals surface area contributed by atoms with E-state index in [1.165, 1.54) is 16.3 Å². The molecule has 0 unspecified atom stereocenters. The molecule has 0 atom stereocenters. The molecule has 29 heavy (non-hydrogen) atoms. The van der Waals surface area contributed by atoms with Gasteiger partial charge in [-0.15, -0.1) is 0 Å². The molecular formula is C24H31N3OS. The van der Waals surface area contributed by atoms with Gasteiger partial charge in [-0.05, 0) is 36.1 Å². The van der Waals surface area contributed by atoms with E-state index in [1.807, 2.05) is 23.4 Å². The fraction of sp³-hybridized carbons (Fsp3) is 0.417. The lowest BCUT2D eigenvalue weighted by Gasteiger charge is -2.09. The number of amides is 1. The van der Waals surface area contributed by atoms with Gasteiger partial charge in [0.1, 0.15) is 0 Å². The molecule has 2 aromatic carbocycles. The molecule has 1 N–H and O–H groups in total. The maximum absolute atomic E-state index is 12.4. The number of carbonyl (C=O) groups is 1. The Balaban J connectivity index is 1.45. The van der Waals surface area contributed by atoms with E-state index < -0.39 is 0 Å². The van der Waals surface area contributed by atoms with Crippen molar-refractivity contribution in [2.24, 2.45) is 5.92 Å². The molecule has 1 amide bonds. The molecule has 0 saturated carbocycles. The Bertz CT molecular complexity index is 972. The number of nitrogens with zero attached hydrogens (tertiary/aromatic N) is 2. The molecule has 0 aliphatic heterocycles.